The van der Waals surface area contributed by atoms with Crippen molar-refractivity contribution >= 4 is 11.0 Å². The Kier molecular flexibility index (Phi) is 5.53. The van der Waals surface area contributed by atoms with E-state index in [9.17, 15) is 4.39 Å². The number of aryl methyl sites for hydroxylation is 1. The van der Waals surface area contributed by atoms with Crippen LogP contribution < -0.4 is 9.47 Å². The number of hydrogen-bond donors (Lipinski definition) is 1. The van der Waals surface area contributed by atoms with Crippen molar-refractivity contribution in [2.24, 2.45) is 0 Å². The summed E-state index contributed by atoms with van der Waals surface area (Å²) in [6.07, 6.45) is 3.80. The lowest BCUT2D eigenvalue weighted by molar-refractivity contribution is 0.395. The Bertz CT molecular complexity index is 1500. The van der Waals surface area contributed by atoms with Crippen molar-refractivity contribution in [3.63, 3.8) is 0 Å². The Hall–Kier alpha value is -4.13. The van der Waals surface area contributed by atoms with Gasteiger partial charge in [0.1, 0.15) is 23.0 Å². The van der Waals surface area contributed by atoms with Gasteiger partial charge in [0.15, 0.2) is 0 Å². The van der Waals surface area contributed by atoms with Crippen LogP contribution >= 0.6 is 0 Å². The molecule has 0 radical (unpaired) electrons. The highest BCUT2D eigenvalue weighted by molar-refractivity contribution is 5.97. The minimum absolute atomic E-state index is 0.247. The summed E-state index contributed by atoms with van der Waals surface area (Å²) < 4.78 is 26.5. The number of fused-ring (bicyclic) bond motifs is 1. The molecular formula is C27H25FN4O2. The van der Waals surface area contributed by atoms with E-state index in [0.717, 1.165) is 56.0 Å². The van der Waals surface area contributed by atoms with Crippen molar-refractivity contribution < 1.29 is 13.9 Å². The number of hydrogen-bond acceptors (Lipinski definition) is 4. The summed E-state index contributed by atoms with van der Waals surface area (Å²) in [6.45, 7) is 4.53. The van der Waals surface area contributed by atoms with E-state index in [-0.39, 0.29) is 5.82 Å². The molecule has 5 aromatic rings. The first-order valence-corrected chi connectivity index (χ1v) is 11.0. The lowest BCUT2D eigenvalue weighted by Gasteiger charge is -2.11. The second-order valence-electron chi connectivity index (χ2n) is 8.22. The Morgan fingerprint density at radius 3 is 2.62 bits per heavy atom. The summed E-state index contributed by atoms with van der Waals surface area (Å²) in [4.78, 5) is 7.94. The van der Waals surface area contributed by atoms with Gasteiger partial charge in [-0.1, -0.05) is 12.1 Å². The fourth-order valence-electron chi connectivity index (χ4n) is 4.44. The van der Waals surface area contributed by atoms with Crippen molar-refractivity contribution in [2.75, 3.05) is 14.2 Å². The lowest BCUT2D eigenvalue weighted by atomic mass is 10.0. The van der Waals surface area contributed by atoms with E-state index in [1.54, 1.807) is 26.4 Å². The molecule has 0 unspecified atom stereocenters. The SMILES string of the molecule is COc1ccc(-c2cnc3[nH]cc(-c4c(C)nn(Cc5cccc(F)c5)c4C)c3c2)c(OC)c1. The molecule has 0 bridgehead atoms. The van der Waals surface area contributed by atoms with Crippen LogP contribution in [0.4, 0.5) is 4.39 Å². The highest BCUT2D eigenvalue weighted by atomic mass is 19.1. The fraction of sp³-hybridized carbons (Fsp3) is 0.185. The smallest absolute Gasteiger partial charge is 0.137 e. The van der Waals surface area contributed by atoms with Gasteiger partial charge in [-0.05, 0) is 49.7 Å². The van der Waals surface area contributed by atoms with Gasteiger partial charge in [-0.25, -0.2) is 9.37 Å². The second kappa shape index (κ2) is 8.67. The average molecular weight is 457 g/mol. The third-order valence-corrected chi connectivity index (χ3v) is 6.12. The van der Waals surface area contributed by atoms with Crippen LogP contribution in [0.3, 0.4) is 0 Å². The van der Waals surface area contributed by atoms with Gasteiger partial charge >= 0.3 is 0 Å². The standard InChI is InChI=1S/C27H25FN4O2/c1-16-26(17(2)32(31-16)15-18-6-5-7-20(28)10-18)24-14-30-27-23(24)11-19(13-29-27)22-9-8-21(33-3)12-25(22)34-4/h5-14H,15H2,1-4H3,(H,29,30). The Morgan fingerprint density at radius 1 is 1.00 bits per heavy atom. The van der Waals surface area contributed by atoms with E-state index in [2.05, 4.69) is 16.0 Å². The zero-order valence-electron chi connectivity index (χ0n) is 19.5. The highest BCUT2D eigenvalue weighted by Crippen LogP contribution is 2.38. The Morgan fingerprint density at radius 2 is 1.85 bits per heavy atom. The van der Waals surface area contributed by atoms with Gasteiger partial charge in [0.2, 0.25) is 0 Å². The Balaban J connectivity index is 1.59. The number of halogens is 1. The van der Waals surface area contributed by atoms with E-state index in [4.69, 9.17) is 14.6 Å². The first kappa shape index (κ1) is 21.7. The van der Waals surface area contributed by atoms with E-state index >= 15 is 0 Å². The molecule has 6 nitrogen and oxygen atoms in total. The monoisotopic (exact) mass is 456 g/mol. The fourth-order valence-corrected chi connectivity index (χ4v) is 4.44. The van der Waals surface area contributed by atoms with Gasteiger partial charge in [0.25, 0.3) is 0 Å². The number of benzene rings is 2. The number of ether oxygens (including phenoxy) is 2. The van der Waals surface area contributed by atoms with Crippen molar-refractivity contribution in [1.29, 1.82) is 0 Å². The van der Waals surface area contributed by atoms with Crippen LogP contribution in [0.5, 0.6) is 11.5 Å². The van der Waals surface area contributed by atoms with Crippen LogP contribution in [-0.4, -0.2) is 34.0 Å². The lowest BCUT2D eigenvalue weighted by Crippen LogP contribution is -2.04. The number of nitrogens with zero attached hydrogens (tertiary/aromatic N) is 3. The van der Waals surface area contributed by atoms with E-state index in [0.29, 0.717) is 12.3 Å². The molecule has 1 N–H and O–H groups in total. The van der Waals surface area contributed by atoms with Crippen molar-refractivity contribution in [3.05, 3.63) is 83.7 Å². The number of rotatable bonds is 6. The molecule has 0 fully saturated rings. The number of H-pyrrole nitrogens is 1. The molecule has 2 aromatic carbocycles. The molecule has 0 aliphatic carbocycles. The number of methoxy groups -OCH3 is 2. The molecule has 34 heavy (non-hydrogen) atoms. The molecule has 0 aliphatic heterocycles. The minimum Gasteiger partial charge on any atom is -0.497 e. The molecule has 0 amide bonds. The van der Waals surface area contributed by atoms with Crippen LogP contribution in [0.2, 0.25) is 0 Å². The number of pyridine rings is 1. The van der Waals surface area contributed by atoms with Crippen molar-refractivity contribution in [3.8, 4) is 33.8 Å². The van der Waals surface area contributed by atoms with Gasteiger partial charge in [-0.15, -0.1) is 0 Å². The molecule has 0 aliphatic rings. The topological polar surface area (TPSA) is 65.0 Å². The van der Waals surface area contributed by atoms with Crippen LogP contribution in [-0.2, 0) is 6.54 Å². The van der Waals surface area contributed by atoms with Crippen LogP contribution in [0.25, 0.3) is 33.3 Å². The quantitative estimate of drug-likeness (QED) is 0.345. The molecule has 3 heterocycles. The van der Waals surface area contributed by atoms with Gasteiger partial charge in [0, 0.05) is 51.8 Å². The van der Waals surface area contributed by atoms with Crippen molar-refractivity contribution in [1.82, 2.24) is 19.7 Å². The predicted molar refractivity (Wildman–Crippen MR) is 131 cm³/mol. The molecule has 7 heteroatoms. The summed E-state index contributed by atoms with van der Waals surface area (Å²) in [5.74, 6) is 1.20. The summed E-state index contributed by atoms with van der Waals surface area (Å²) in [5, 5.41) is 5.74. The third kappa shape index (κ3) is 3.79. The minimum atomic E-state index is -0.247. The maximum Gasteiger partial charge on any atom is 0.137 e. The van der Waals surface area contributed by atoms with Gasteiger partial charge in [0.05, 0.1) is 26.5 Å². The maximum absolute atomic E-state index is 13.7. The number of aromatic nitrogens is 4. The van der Waals surface area contributed by atoms with Crippen molar-refractivity contribution in [2.45, 2.75) is 20.4 Å². The van der Waals surface area contributed by atoms with E-state index in [1.165, 1.54) is 6.07 Å². The predicted octanol–water partition coefficient (Wildman–Crippen LogP) is 5.91. The zero-order chi connectivity index (χ0) is 23.8. The summed E-state index contributed by atoms with van der Waals surface area (Å²) in [6, 6.07) is 14.5. The molecule has 0 saturated heterocycles. The van der Waals surface area contributed by atoms with Crippen LogP contribution in [0.15, 0.2) is 60.9 Å². The molecule has 0 spiro atoms. The summed E-state index contributed by atoms with van der Waals surface area (Å²) in [7, 11) is 3.28. The van der Waals surface area contributed by atoms with Crippen LogP contribution in [0.1, 0.15) is 17.0 Å². The highest BCUT2D eigenvalue weighted by Gasteiger charge is 2.19. The summed E-state index contributed by atoms with van der Waals surface area (Å²) in [5.41, 5.74) is 7.52. The number of aromatic amines is 1. The molecule has 3 aromatic heterocycles. The van der Waals surface area contributed by atoms with Gasteiger partial charge < -0.3 is 14.5 Å². The first-order valence-electron chi connectivity index (χ1n) is 11.0. The molecule has 0 atom stereocenters. The second-order valence-corrected chi connectivity index (χ2v) is 8.22. The van der Waals surface area contributed by atoms with E-state index in [1.807, 2.05) is 55.2 Å². The molecule has 5 rings (SSSR count). The molecule has 172 valence electrons. The first-order chi connectivity index (χ1) is 16.5. The summed E-state index contributed by atoms with van der Waals surface area (Å²) >= 11 is 0. The molecular weight excluding hydrogens is 431 g/mol. The van der Waals surface area contributed by atoms with Gasteiger partial charge in [-0.2, -0.15) is 5.10 Å². The zero-order valence-corrected chi connectivity index (χ0v) is 19.5. The largest absolute Gasteiger partial charge is 0.497 e. The average Bonchev–Trinajstić information content (AvgIpc) is 3.37. The molecule has 0 saturated carbocycles. The normalized spacial score (nSPS) is 11.2. The Labute approximate surface area is 197 Å². The van der Waals surface area contributed by atoms with Gasteiger partial charge in [-0.3, -0.25) is 4.68 Å². The van der Waals surface area contributed by atoms with Crippen LogP contribution in [0, 0.1) is 19.7 Å². The maximum atomic E-state index is 13.7. The van der Waals surface area contributed by atoms with E-state index < -0.39 is 0 Å². The number of nitrogens with one attached hydrogen (secondary N) is 1. The third-order valence-electron chi connectivity index (χ3n) is 6.12.